The van der Waals surface area contributed by atoms with E-state index in [1.807, 2.05) is 30.3 Å². The van der Waals surface area contributed by atoms with E-state index >= 15 is 0 Å². The van der Waals surface area contributed by atoms with Gasteiger partial charge in [-0.25, -0.2) is 4.79 Å². The molecule has 0 unspecified atom stereocenters. The maximum Gasteiger partial charge on any atom is 0.411 e. The van der Waals surface area contributed by atoms with E-state index in [2.05, 4.69) is 17.5 Å². The van der Waals surface area contributed by atoms with E-state index < -0.39 is 6.09 Å². The number of rotatable bonds is 6. The second-order valence-corrected chi connectivity index (χ2v) is 6.01. The maximum absolute atomic E-state index is 12.0. The third kappa shape index (κ3) is 4.67. The predicted octanol–water partition coefficient (Wildman–Crippen LogP) is 3.57. The Morgan fingerprint density at radius 3 is 2.54 bits per heavy atom. The number of nitrogens with zero attached hydrogens (tertiary/aromatic N) is 3. The van der Waals surface area contributed by atoms with Crippen molar-refractivity contribution in [1.29, 1.82) is 10.5 Å². The summed E-state index contributed by atoms with van der Waals surface area (Å²) >= 11 is 0. The molecule has 0 bridgehead atoms. The monoisotopic (exact) mass is 374 g/mol. The van der Waals surface area contributed by atoms with E-state index in [4.69, 9.17) is 14.7 Å². The van der Waals surface area contributed by atoms with Crippen molar-refractivity contribution in [2.75, 3.05) is 30.0 Å². The van der Waals surface area contributed by atoms with E-state index in [1.165, 1.54) is 0 Å². The minimum atomic E-state index is -0.552. The molecule has 0 radical (unpaired) electrons. The van der Waals surface area contributed by atoms with Crippen molar-refractivity contribution in [1.82, 2.24) is 0 Å². The highest BCUT2D eigenvalue weighted by Gasteiger charge is 2.22. The summed E-state index contributed by atoms with van der Waals surface area (Å²) in [4.78, 5) is 13.7. The van der Waals surface area contributed by atoms with Gasteiger partial charge in [-0.05, 0) is 29.8 Å². The van der Waals surface area contributed by atoms with Crippen LogP contribution in [0.2, 0.25) is 0 Å². The lowest BCUT2D eigenvalue weighted by atomic mass is 10.2. The number of hydrogen-bond acceptors (Lipinski definition) is 6. The van der Waals surface area contributed by atoms with E-state index in [-0.39, 0.29) is 26.4 Å². The third-order valence-electron chi connectivity index (χ3n) is 4.16. The summed E-state index contributed by atoms with van der Waals surface area (Å²) in [6.07, 6.45) is -0.552. The van der Waals surface area contributed by atoms with Crippen molar-refractivity contribution in [2.45, 2.75) is 6.61 Å². The Balaban J connectivity index is 1.64. The molecule has 0 aliphatic carbocycles. The first-order valence-corrected chi connectivity index (χ1v) is 8.63. The standard InChI is InChI=1S/C21H18N4O3/c22-10-11-25(20-15-27-14-17(20)12-23)19-8-6-18(7-9-19)24-21(26)28-13-16-4-2-1-3-5-16/h1-9H,11,13-15H2,(H,24,26). The van der Waals surface area contributed by atoms with Crippen LogP contribution in [0, 0.1) is 22.7 Å². The highest BCUT2D eigenvalue weighted by molar-refractivity contribution is 5.85. The van der Waals surface area contributed by atoms with Crippen LogP contribution in [0.15, 0.2) is 65.9 Å². The third-order valence-corrected chi connectivity index (χ3v) is 4.16. The minimum Gasteiger partial charge on any atom is -0.444 e. The average Bonchev–Trinajstić information content (AvgIpc) is 3.20. The summed E-state index contributed by atoms with van der Waals surface area (Å²) in [6, 6.07) is 20.6. The summed E-state index contributed by atoms with van der Waals surface area (Å²) < 4.78 is 10.5. The lowest BCUT2D eigenvalue weighted by Gasteiger charge is -2.23. The molecule has 7 heteroatoms. The molecule has 0 aromatic heterocycles. The molecule has 1 aliphatic rings. The van der Waals surface area contributed by atoms with Gasteiger partial charge in [-0.3, -0.25) is 5.32 Å². The van der Waals surface area contributed by atoms with Crippen LogP contribution in [0.25, 0.3) is 0 Å². The Morgan fingerprint density at radius 2 is 1.86 bits per heavy atom. The number of carbonyl (C=O) groups excluding carboxylic acids is 1. The number of hydrogen-bond donors (Lipinski definition) is 1. The molecule has 1 aliphatic heterocycles. The zero-order valence-corrected chi connectivity index (χ0v) is 15.1. The van der Waals surface area contributed by atoms with Crippen LogP contribution in [0.4, 0.5) is 16.2 Å². The first kappa shape index (κ1) is 19.0. The molecule has 1 heterocycles. The maximum atomic E-state index is 12.0. The van der Waals surface area contributed by atoms with E-state index in [9.17, 15) is 10.1 Å². The summed E-state index contributed by atoms with van der Waals surface area (Å²) in [6.45, 7) is 0.818. The highest BCUT2D eigenvalue weighted by Crippen LogP contribution is 2.26. The normalized spacial score (nSPS) is 12.8. The van der Waals surface area contributed by atoms with Gasteiger partial charge in [0.15, 0.2) is 0 Å². The smallest absolute Gasteiger partial charge is 0.411 e. The van der Waals surface area contributed by atoms with Gasteiger partial charge in [0.05, 0.1) is 36.6 Å². The van der Waals surface area contributed by atoms with Crippen molar-refractivity contribution >= 4 is 17.5 Å². The molecular formula is C21H18N4O3. The Morgan fingerprint density at radius 1 is 1.11 bits per heavy atom. The van der Waals surface area contributed by atoms with Crippen molar-refractivity contribution < 1.29 is 14.3 Å². The molecule has 0 atom stereocenters. The quantitative estimate of drug-likeness (QED) is 0.776. The lowest BCUT2D eigenvalue weighted by Crippen LogP contribution is -2.24. The number of anilines is 2. The van der Waals surface area contributed by atoms with Gasteiger partial charge in [0.2, 0.25) is 0 Å². The molecule has 2 aromatic rings. The van der Waals surface area contributed by atoms with Crippen LogP contribution < -0.4 is 10.2 Å². The lowest BCUT2D eigenvalue weighted by molar-refractivity contribution is 0.155. The number of nitriles is 2. The van der Waals surface area contributed by atoms with Gasteiger partial charge in [0.1, 0.15) is 13.2 Å². The molecule has 1 amide bonds. The number of nitrogens with one attached hydrogen (secondary N) is 1. The molecule has 140 valence electrons. The molecule has 7 nitrogen and oxygen atoms in total. The topological polar surface area (TPSA) is 98.4 Å². The fourth-order valence-corrected chi connectivity index (χ4v) is 2.77. The molecule has 0 spiro atoms. The van der Waals surface area contributed by atoms with E-state index in [0.29, 0.717) is 17.0 Å². The highest BCUT2D eigenvalue weighted by atomic mass is 16.5. The predicted molar refractivity (Wildman–Crippen MR) is 103 cm³/mol. The average molecular weight is 374 g/mol. The van der Waals surface area contributed by atoms with Crippen molar-refractivity contribution in [3.63, 3.8) is 0 Å². The Bertz CT molecular complexity index is 940. The second-order valence-electron chi connectivity index (χ2n) is 6.01. The first-order valence-electron chi connectivity index (χ1n) is 8.63. The zero-order valence-electron chi connectivity index (χ0n) is 15.1. The van der Waals surface area contributed by atoms with Gasteiger partial charge >= 0.3 is 6.09 Å². The molecule has 1 N–H and O–H groups in total. The van der Waals surface area contributed by atoms with Crippen LogP contribution in [0.5, 0.6) is 0 Å². The number of benzene rings is 2. The van der Waals surface area contributed by atoms with E-state index in [1.54, 1.807) is 29.2 Å². The van der Waals surface area contributed by atoms with E-state index in [0.717, 1.165) is 11.3 Å². The summed E-state index contributed by atoms with van der Waals surface area (Å²) in [7, 11) is 0. The van der Waals surface area contributed by atoms with Crippen LogP contribution in [-0.4, -0.2) is 25.9 Å². The molecule has 0 saturated carbocycles. The zero-order chi connectivity index (χ0) is 19.8. The van der Waals surface area contributed by atoms with Crippen LogP contribution in [-0.2, 0) is 16.1 Å². The van der Waals surface area contributed by atoms with Crippen molar-refractivity contribution in [3.8, 4) is 12.1 Å². The van der Waals surface area contributed by atoms with Gasteiger partial charge in [0.25, 0.3) is 0 Å². The van der Waals surface area contributed by atoms with Crippen molar-refractivity contribution in [2.24, 2.45) is 0 Å². The summed E-state index contributed by atoms with van der Waals surface area (Å²) in [5.74, 6) is 0. The number of carbonyl (C=O) groups is 1. The fourth-order valence-electron chi connectivity index (χ4n) is 2.77. The Kier molecular flexibility index (Phi) is 6.25. The van der Waals surface area contributed by atoms with Gasteiger partial charge in [0, 0.05) is 11.4 Å². The number of ether oxygens (including phenoxy) is 2. The Hall–Kier alpha value is -3.81. The Labute approximate surface area is 163 Å². The van der Waals surface area contributed by atoms with Crippen molar-refractivity contribution in [3.05, 3.63) is 71.4 Å². The summed E-state index contributed by atoms with van der Waals surface area (Å²) in [5.41, 5.74) is 3.41. The summed E-state index contributed by atoms with van der Waals surface area (Å²) in [5, 5.41) is 21.0. The SMILES string of the molecule is N#CCN(C1=C(C#N)COC1)c1ccc(NC(=O)OCc2ccccc2)cc1. The number of amides is 1. The molecule has 0 saturated heterocycles. The first-order chi connectivity index (χ1) is 13.7. The largest absolute Gasteiger partial charge is 0.444 e. The molecule has 0 fully saturated rings. The van der Waals surface area contributed by atoms with Crippen LogP contribution >= 0.6 is 0 Å². The molecule has 2 aromatic carbocycles. The molecule has 3 rings (SSSR count). The van der Waals surface area contributed by atoms with Crippen LogP contribution in [0.1, 0.15) is 5.56 Å². The second kappa shape index (κ2) is 9.22. The van der Waals surface area contributed by atoms with Gasteiger partial charge < -0.3 is 14.4 Å². The fraction of sp³-hybridized carbons (Fsp3) is 0.190. The molecule has 28 heavy (non-hydrogen) atoms. The van der Waals surface area contributed by atoms with Crippen LogP contribution in [0.3, 0.4) is 0 Å². The molecular weight excluding hydrogens is 356 g/mol. The van der Waals surface area contributed by atoms with Gasteiger partial charge in [-0.1, -0.05) is 30.3 Å². The minimum absolute atomic E-state index is 0.0930. The van der Waals surface area contributed by atoms with Gasteiger partial charge in [-0.2, -0.15) is 10.5 Å². The van der Waals surface area contributed by atoms with Gasteiger partial charge in [-0.15, -0.1) is 0 Å².